The Bertz CT molecular complexity index is 827. The molecule has 172 valence electrons. The van der Waals surface area contributed by atoms with Crippen LogP contribution in [0.3, 0.4) is 0 Å². The largest absolute Gasteiger partial charge is 0.459 e. The second-order valence-corrected chi connectivity index (χ2v) is 7.45. The van der Waals surface area contributed by atoms with E-state index in [0.717, 1.165) is 30.4 Å². The number of benzene rings is 2. The number of amides is 2. The minimum atomic E-state index is -0.983. The Labute approximate surface area is 189 Å². The molecule has 0 aliphatic carbocycles. The molecule has 0 aliphatic heterocycles. The van der Waals surface area contributed by atoms with Crippen LogP contribution in [0, 0.1) is 0 Å². The molecule has 0 aliphatic rings. The second kappa shape index (κ2) is 14.6. The van der Waals surface area contributed by atoms with Crippen molar-refractivity contribution in [3.63, 3.8) is 0 Å². The van der Waals surface area contributed by atoms with Crippen LogP contribution in [0.2, 0.25) is 0 Å². The van der Waals surface area contributed by atoms with Crippen molar-refractivity contribution < 1.29 is 23.9 Å². The molecule has 7 nitrogen and oxygen atoms in total. The molecule has 7 heteroatoms. The first kappa shape index (κ1) is 24.9. The van der Waals surface area contributed by atoms with Gasteiger partial charge in [-0.2, -0.15) is 0 Å². The van der Waals surface area contributed by atoms with Gasteiger partial charge in [0, 0.05) is 13.0 Å². The Hall–Kier alpha value is -3.35. The summed E-state index contributed by atoms with van der Waals surface area (Å²) in [5.74, 6) is -0.772. The van der Waals surface area contributed by atoms with Crippen molar-refractivity contribution in [3.8, 4) is 0 Å². The molecule has 0 radical (unpaired) electrons. The van der Waals surface area contributed by atoms with Gasteiger partial charge in [-0.15, -0.1) is 0 Å². The van der Waals surface area contributed by atoms with E-state index in [-0.39, 0.29) is 32.0 Å². The van der Waals surface area contributed by atoms with Gasteiger partial charge in [-0.05, 0) is 24.0 Å². The van der Waals surface area contributed by atoms with Gasteiger partial charge in [0.05, 0.1) is 0 Å². The Kier molecular flexibility index (Phi) is 11.4. The Morgan fingerprint density at radius 1 is 0.844 bits per heavy atom. The fourth-order valence-electron chi connectivity index (χ4n) is 2.95. The predicted octanol–water partition coefficient (Wildman–Crippen LogP) is 4.11. The first-order valence-corrected chi connectivity index (χ1v) is 11.0. The van der Waals surface area contributed by atoms with E-state index in [9.17, 15) is 14.4 Å². The van der Waals surface area contributed by atoms with Gasteiger partial charge in [0.25, 0.3) is 0 Å². The molecule has 0 heterocycles. The number of carbonyl (C=O) groups excluding carboxylic acids is 3. The molecule has 0 saturated heterocycles. The third kappa shape index (κ3) is 10.1. The highest BCUT2D eigenvalue weighted by Gasteiger charge is 2.24. The van der Waals surface area contributed by atoms with E-state index in [1.807, 2.05) is 60.7 Å². The average Bonchev–Trinajstić information content (AvgIpc) is 2.83. The molecule has 32 heavy (non-hydrogen) atoms. The minimum Gasteiger partial charge on any atom is -0.459 e. The third-order valence-corrected chi connectivity index (χ3v) is 4.78. The van der Waals surface area contributed by atoms with Gasteiger partial charge >= 0.3 is 12.1 Å². The van der Waals surface area contributed by atoms with Crippen LogP contribution in [-0.4, -0.2) is 30.6 Å². The fraction of sp³-hybridized carbons (Fsp3) is 0.400. The number of hydrogen-bond donors (Lipinski definition) is 2. The molecule has 1 unspecified atom stereocenters. The van der Waals surface area contributed by atoms with Crippen LogP contribution < -0.4 is 10.6 Å². The highest BCUT2D eigenvalue weighted by atomic mass is 16.6. The maximum absolute atomic E-state index is 12.6. The second-order valence-electron chi connectivity index (χ2n) is 7.45. The summed E-state index contributed by atoms with van der Waals surface area (Å²) in [6.07, 6.45) is 2.50. The minimum absolute atomic E-state index is 0.0797. The summed E-state index contributed by atoms with van der Waals surface area (Å²) < 4.78 is 10.6. The molecule has 0 saturated carbocycles. The van der Waals surface area contributed by atoms with Crippen LogP contribution in [0.1, 0.15) is 50.2 Å². The number of esters is 1. The van der Waals surface area contributed by atoms with Crippen LogP contribution in [0.4, 0.5) is 4.79 Å². The van der Waals surface area contributed by atoms with E-state index in [4.69, 9.17) is 9.47 Å². The third-order valence-electron chi connectivity index (χ3n) is 4.78. The van der Waals surface area contributed by atoms with Gasteiger partial charge in [0.2, 0.25) is 5.91 Å². The van der Waals surface area contributed by atoms with Gasteiger partial charge in [0.15, 0.2) is 0 Å². The first-order chi connectivity index (χ1) is 15.6. The van der Waals surface area contributed by atoms with Crippen LogP contribution in [0.5, 0.6) is 0 Å². The number of rotatable bonds is 13. The molecule has 2 aromatic rings. The van der Waals surface area contributed by atoms with Crippen molar-refractivity contribution in [1.29, 1.82) is 0 Å². The van der Waals surface area contributed by atoms with Crippen molar-refractivity contribution in [2.24, 2.45) is 0 Å². The lowest BCUT2D eigenvalue weighted by Crippen LogP contribution is -2.43. The summed E-state index contributed by atoms with van der Waals surface area (Å²) in [5.41, 5.74) is 1.66. The van der Waals surface area contributed by atoms with Crippen molar-refractivity contribution in [1.82, 2.24) is 10.6 Å². The van der Waals surface area contributed by atoms with E-state index in [1.165, 1.54) is 0 Å². The highest BCUT2D eigenvalue weighted by molar-refractivity contribution is 5.82. The predicted molar refractivity (Wildman–Crippen MR) is 122 cm³/mol. The molecule has 0 spiro atoms. The number of carbonyl (C=O) groups is 3. The Morgan fingerprint density at radius 2 is 1.44 bits per heavy atom. The SMILES string of the molecule is CCCCCNC(=O)CCC(NC(=O)OCc1ccccc1)C(=O)OCc1ccccc1. The lowest BCUT2D eigenvalue weighted by atomic mass is 10.1. The summed E-state index contributed by atoms with van der Waals surface area (Å²) in [5, 5.41) is 5.37. The van der Waals surface area contributed by atoms with Crippen LogP contribution >= 0.6 is 0 Å². The molecular formula is C25H32N2O5. The van der Waals surface area contributed by atoms with Gasteiger partial charge in [0.1, 0.15) is 19.3 Å². The quantitative estimate of drug-likeness (QED) is 0.361. The maximum atomic E-state index is 12.6. The molecule has 2 amide bonds. The van der Waals surface area contributed by atoms with E-state index < -0.39 is 18.1 Å². The molecule has 1 atom stereocenters. The number of ether oxygens (including phenoxy) is 2. The summed E-state index contributed by atoms with van der Waals surface area (Å²) in [4.78, 5) is 37.0. The molecule has 2 aromatic carbocycles. The summed E-state index contributed by atoms with van der Waals surface area (Å²) >= 11 is 0. The number of unbranched alkanes of at least 4 members (excludes halogenated alkanes) is 2. The van der Waals surface area contributed by atoms with Crippen LogP contribution in [-0.2, 0) is 32.3 Å². The van der Waals surface area contributed by atoms with Gasteiger partial charge in [-0.1, -0.05) is 80.4 Å². The molecule has 0 bridgehead atoms. The average molecular weight is 441 g/mol. The molecule has 2 N–H and O–H groups in total. The molecule has 2 rings (SSSR count). The van der Waals surface area contributed by atoms with E-state index >= 15 is 0 Å². The zero-order chi connectivity index (χ0) is 23.0. The van der Waals surface area contributed by atoms with Gasteiger partial charge < -0.3 is 20.1 Å². The Balaban J connectivity index is 1.87. The number of alkyl carbamates (subject to hydrolysis) is 1. The molecular weight excluding hydrogens is 408 g/mol. The van der Waals surface area contributed by atoms with E-state index in [0.29, 0.717) is 6.54 Å². The maximum Gasteiger partial charge on any atom is 0.408 e. The number of hydrogen-bond acceptors (Lipinski definition) is 5. The zero-order valence-electron chi connectivity index (χ0n) is 18.5. The zero-order valence-corrected chi connectivity index (χ0v) is 18.5. The van der Waals surface area contributed by atoms with E-state index in [1.54, 1.807) is 0 Å². The van der Waals surface area contributed by atoms with Gasteiger partial charge in [-0.25, -0.2) is 9.59 Å². The normalized spacial score (nSPS) is 11.3. The van der Waals surface area contributed by atoms with Crippen LogP contribution in [0.25, 0.3) is 0 Å². The summed E-state index contributed by atoms with van der Waals surface area (Å²) in [6, 6.07) is 17.5. The van der Waals surface area contributed by atoms with Crippen molar-refractivity contribution in [2.75, 3.05) is 6.54 Å². The van der Waals surface area contributed by atoms with Crippen molar-refractivity contribution in [2.45, 2.75) is 58.3 Å². The Morgan fingerprint density at radius 3 is 2.03 bits per heavy atom. The summed E-state index contributed by atoms with van der Waals surface area (Å²) in [7, 11) is 0. The lowest BCUT2D eigenvalue weighted by molar-refractivity contribution is -0.147. The molecule has 0 aromatic heterocycles. The standard InChI is InChI=1S/C25H32N2O5/c1-2-3-10-17-26-23(28)16-15-22(24(29)31-18-20-11-6-4-7-12-20)27-25(30)32-19-21-13-8-5-9-14-21/h4-9,11-14,22H,2-3,10,15-19H2,1H3,(H,26,28)(H,27,30). The smallest absolute Gasteiger partial charge is 0.408 e. The molecule has 0 fully saturated rings. The van der Waals surface area contributed by atoms with Crippen molar-refractivity contribution in [3.05, 3.63) is 71.8 Å². The van der Waals surface area contributed by atoms with E-state index in [2.05, 4.69) is 17.6 Å². The lowest BCUT2D eigenvalue weighted by Gasteiger charge is -2.18. The highest BCUT2D eigenvalue weighted by Crippen LogP contribution is 2.07. The van der Waals surface area contributed by atoms with Gasteiger partial charge in [-0.3, -0.25) is 4.79 Å². The van der Waals surface area contributed by atoms with Crippen LogP contribution in [0.15, 0.2) is 60.7 Å². The monoisotopic (exact) mass is 440 g/mol. The first-order valence-electron chi connectivity index (χ1n) is 11.0. The fourth-order valence-corrected chi connectivity index (χ4v) is 2.95. The van der Waals surface area contributed by atoms with Crippen molar-refractivity contribution >= 4 is 18.0 Å². The number of nitrogens with one attached hydrogen (secondary N) is 2. The topological polar surface area (TPSA) is 93.7 Å². The summed E-state index contributed by atoms with van der Waals surface area (Å²) in [6.45, 7) is 2.86.